The molecule has 0 aliphatic heterocycles. The minimum Gasteiger partial charge on any atom is -0.489 e. The molecule has 1 N–H and O–H groups in total. The lowest BCUT2D eigenvalue weighted by atomic mass is 10.0. The number of benzene rings is 1. The molecule has 1 aromatic carbocycles. The second-order valence-electron chi connectivity index (χ2n) is 4.82. The van der Waals surface area contributed by atoms with Crippen LogP contribution in [0.25, 0.3) is 10.9 Å². The first-order chi connectivity index (χ1) is 9.65. The van der Waals surface area contributed by atoms with Gasteiger partial charge in [-0.15, -0.1) is 0 Å². The number of rotatable bonds is 6. The third-order valence-corrected chi connectivity index (χ3v) is 3.10. The second kappa shape index (κ2) is 6.33. The number of ether oxygens (including phenoxy) is 1. The molecule has 0 aliphatic carbocycles. The Labute approximate surface area is 119 Å². The predicted molar refractivity (Wildman–Crippen MR) is 83.9 cm³/mol. The summed E-state index contributed by atoms with van der Waals surface area (Å²) >= 11 is 0. The number of hydrogen-bond acceptors (Lipinski definition) is 3. The Balaban J connectivity index is 2.49. The van der Waals surface area contributed by atoms with Crippen molar-refractivity contribution in [2.24, 2.45) is 0 Å². The number of nitrogens with one attached hydrogen (secondary N) is 1. The molecule has 0 aliphatic rings. The molecule has 0 bridgehead atoms. The van der Waals surface area contributed by atoms with Crippen molar-refractivity contribution in [2.75, 3.05) is 6.61 Å². The molecule has 2 rings (SSSR count). The van der Waals surface area contributed by atoms with Crippen LogP contribution in [0.1, 0.15) is 31.0 Å². The maximum Gasteiger partial charge on any atom is 0.121 e. The molecular weight excluding hydrogens is 248 g/mol. The van der Waals surface area contributed by atoms with Gasteiger partial charge in [0.2, 0.25) is 0 Å². The van der Waals surface area contributed by atoms with E-state index < -0.39 is 0 Å². The van der Waals surface area contributed by atoms with Gasteiger partial charge in [-0.05, 0) is 31.5 Å². The van der Waals surface area contributed by atoms with Gasteiger partial charge in [0.15, 0.2) is 0 Å². The Morgan fingerprint density at radius 2 is 2.20 bits per heavy atom. The Bertz CT molecular complexity index is 647. The average Bonchev–Trinajstić information content (AvgIpc) is 2.44. The number of fused-ring (bicyclic) bond motifs is 1. The van der Waals surface area contributed by atoms with Gasteiger partial charge in [-0.25, -0.2) is 0 Å². The molecule has 0 amide bonds. The van der Waals surface area contributed by atoms with Gasteiger partial charge in [-0.2, -0.15) is 0 Å². The summed E-state index contributed by atoms with van der Waals surface area (Å²) in [6.45, 7) is 8.17. The average molecular weight is 268 g/mol. The second-order valence-corrected chi connectivity index (χ2v) is 4.82. The maximum absolute atomic E-state index is 8.20. The van der Waals surface area contributed by atoms with E-state index in [0.717, 1.165) is 40.8 Å². The molecule has 3 nitrogen and oxygen atoms in total. The van der Waals surface area contributed by atoms with E-state index in [1.54, 1.807) is 6.08 Å². The fourth-order valence-electron chi connectivity index (χ4n) is 2.22. The van der Waals surface area contributed by atoms with Gasteiger partial charge in [-0.1, -0.05) is 26.0 Å². The fraction of sp³-hybridized carbons (Fsp3) is 0.294. The van der Waals surface area contributed by atoms with Gasteiger partial charge in [0.05, 0.1) is 5.52 Å². The molecule has 2 aromatic rings. The first-order valence-corrected chi connectivity index (χ1v) is 6.88. The Hall–Kier alpha value is -2.16. The number of aryl methyl sites for hydroxylation is 1. The monoisotopic (exact) mass is 268 g/mol. The van der Waals surface area contributed by atoms with E-state index in [9.17, 15) is 0 Å². The minimum absolute atomic E-state index is 0.482. The highest BCUT2D eigenvalue weighted by Gasteiger charge is 2.09. The van der Waals surface area contributed by atoms with E-state index in [2.05, 4.69) is 18.5 Å². The van der Waals surface area contributed by atoms with E-state index in [1.165, 1.54) is 0 Å². The largest absolute Gasteiger partial charge is 0.489 e. The van der Waals surface area contributed by atoms with Crippen LogP contribution >= 0.6 is 0 Å². The summed E-state index contributed by atoms with van der Waals surface area (Å²) in [4.78, 5) is 4.55. The molecule has 1 aromatic heterocycles. The van der Waals surface area contributed by atoms with Gasteiger partial charge in [0.25, 0.3) is 0 Å². The van der Waals surface area contributed by atoms with E-state index in [1.807, 2.05) is 31.2 Å². The SMILES string of the molecule is C=CCOc1ccc2c(C(=N)CCC)cc(C)nc2c1. The molecule has 104 valence electrons. The molecule has 0 saturated heterocycles. The van der Waals surface area contributed by atoms with Gasteiger partial charge in [-0.3, -0.25) is 4.98 Å². The molecule has 20 heavy (non-hydrogen) atoms. The van der Waals surface area contributed by atoms with Crippen LogP contribution < -0.4 is 4.74 Å². The van der Waals surface area contributed by atoms with Crippen LogP contribution in [0.5, 0.6) is 5.75 Å². The normalized spacial score (nSPS) is 10.5. The highest BCUT2D eigenvalue weighted by atomic mass is 16.5. The summed E-state index contributed by atoms with van der Waals surface area (Å²) in [5.74, 6) is 0.781. The number of hydrogen-bond donors (Lipinski definition) is 1. The summed E-state index contributed by atoms with van der Waals surface area (Å²) in [6.07, 6.45) is 3.48. The number of aromatic nitrogens is 1. The quantitative estimate of drug-likeness (QED) is 0.628. The van der Waals surface area contributed by atoms with Crippen molar-refractivity contribution >= 4 is 16.6 Å². The Morgan fingerprint density at radius 1 is 1.40 bits per heavy atom. The number of pyridine rings is 1. The van der Waals surface area contributed by atoms with Crippen LogP contribution in [0.2, 0.25) is 0 Å². The van der Waals surface area contributed by atoms with Gasteiger partial charge >= 0.3 is 0 Å². The molecular formula is C17H20N2O. The lowest BCUT2D eigenvalue weighted by molar-refractivity contribution is 0.363. The van der Waals surface area contributed by atoms with Crippen LogP contribution in [-0.2, 0) is 0 Å². The predicted octanol–water partition coefficient (Wildman–Crippen LogP) is 4.28. The maximum atomic E-state index is 8.20. The molecule has 3 heteroatoms. The third kappa shape index (κ3) is 3.05. The topological polar surface area (TPSA) is 46.0 Å². The van der Waals surface area contributed by atoms with Crippen LogP contribution in [0.15, 0.2) is 36.9 Å². The standard InChI is InChI=1S/C17H20N2O/c1-4-6-16(18)15-10-12(3)19-17-11-13(20-9-5-2)7-8-14(15)17/h5,7-8,10-11,18H,2,4,6,9H2,1,3H3. The molecule has 1 heterocycles. The van der Waals surface area contributed by atoms with Crippen LogP contribution in [0, 0.1) is 12.3 Å². The van der Waals surface area contributed by atoms with Crippen LogP contribution in [-0.4, -0.2) is 17.3 Å². The van der Waals surface area contributed by atoms with Crippen molar-refractivity contribution in [3.05, 3.63) is 48.2 Å². The smallest absolute Gasteiger partial charge is 0.121 e. The molecule has 0 fully saturated rings. The van der Waals surface area contributed by atoms with Crippen molar-refractivity contribution in [2.45, 2.75) is 26.7 Å². The Kier molecular flexibility index (Phi) is 4.51. The van der Waals surface area contributed by atoms with Crippen molar-refractivity contribution in [1.82, 2.24) is 4.98 Å². The summed E-state index contributed by atoms with van der Waals surface area (Å²) in [6, 6.07) is 7.82. The van der Waals surface area contributed by atoms with Gasteiger partial charge < -0.3 is 10.1 Å². The number of nitrogens with zero attached hydrogens (tertiary/aromatic N) is 1. The first-order valence-electron chi connectivity index (χ1n) is 6.88. The van der Waals surface area contributed by atoms with E-state index >= 15 is 0 Å². The molecule has 0 unspecified atom stereocenters. The Morgan fingerprint density at radius 3 is 2.90 bits per heavy atom. The first kappa shape index (κ1) is 14.3. The zero-order valence-electron chi connectivity index (χ0n) is 12.1. The molecule has 0 radical (unpaired) electrons. The van der Waals surface area contributed by atoms with Crippen molar-refractivity contribution < 1.29 is 4.74 Å². The van der Waals surface area contributed by atoms with Crippen molar-refractivity contribution in [3.8, 4) is 5.75 Å². The molecule has 0 saturated carbocycles. The summed E-state index contributed by atoms with van der Waals surface area (Å²) in [5.41, 5.74) is 3.45. The van der Waals surface area contributed by atoms with Gasteiger partial charge in [0, 0.05) is 28.4 Å². The summed E-state index contributed by atoms with van der Waals surface area (Å²) in [5, 5.41) is 9.21. The van der Waals surface area contributed by atoms with Crippen molar-refractivity contribution in [1.29, 1.82) is 5.41 Å². The highest BCUT2D eigenvalue weighted by Crippen LogP contribution is 2.24. The van der Waals surface area contributed by atoms with Crippen LogP contribution in [0.3, 0.4) is 0 Å². The van der Waals surface area contributed by atoms with E-state index in [-0.39, 0.29) is 0 Å². The lowest BCUT2D eigenvalue weighted by Gasteiger charge is -2.10. The fourth-order valence-corrected chi connectivity index (χ4v) is 2.22. The highest BCUT2D eigenvalue weighted by molar-refractivity contribution is 6.08. The van der Waals surface area contributed by atoms with Crippen LogP contribution in [0.4, 0.5) is 0 Å². The van der Waals surface area contributed by atoms with E-state index in [4.69, 9.17) is 10.1 Å². The van der Waals surface area contributed by atoms with Gasteiger partial charge in [0.1, 0.15) is 12.4 Å². The molecule has 0 atom stereocenters. The minimum atomic E-state index is 0.482. The van der Waals surface area contributed by atoms with Crippen molar-refractivity contribution in [3.63, 3.8) is 0 Å². The summed E-state index contributed by atoms with van der Waals surface area (Å²) < 4.78 is 5.54. The zero-order chi connectivity index (χ0) is 14.5. The summed E-state index contributed by atoms with van der Waals surface area (Å²) in [7, 11) is 0. The molecule has 0 spiro atoms. The van der Waals surface area contributed by atoms with E-state index in [0.29, 0.717) is 12.3 Å². The lowest BCUT2D eigenvalue weighted by Crippen LogP contribution is -2.02. The third-order valence-electron chi connectivity index (χ3n) is 3.10. The zero-order valence-corrected chi connectivity index (χ0v) is 12.1.